The highest BCUT2D eigenvalue weighted by atomic mass is 16.2. The van der Waals surface area contributed by atoms with Gasteiger partial charge in [-0.1, -0.05) is 0 Å². The third kappa shape index (κ3) is 3.08. The Bertz CT molecular complexity index is 661. The molecule has 0 unspecified atom stereocenters. The summed E-state index contributed by atoms with van der Waals surface area (Å²) in [6.45, 7) is 4.22. The summed E-state index contributed by atoms with van der Waals surface area (Å²) in [5, 5.41) is 2.59. The molecule has 0 bridgehead atoms. The minimum Gasteiger partial charge on any atom is -0.340 e. The third-order valence-corrected chi connectivity index (χ3v) is 4.53. The fourth-order valence-electron chi connectivity index (χ4n) is 3.18. The van der Waals surface area contributed by atoms with Crippen LogP contribution in [0.25, 0.3) is 0 Å². The smallest absolute Gasteiger partial charge is 0.325 e. The number of aromatic nitrogens is 2. The normalized spacial score (nSPS) is 23.3. The van der Waals surface area contributed by atoms with Gasteiger partial charge in [-0.2, -0.15) is 0 Å². The Morgan fingerprint density at radius 2 is 2.21 bits per heavy atom. The Balaban J connectivity index is 1.65. The van der Waals surface area contributed by atoms with Crippen LogP contribution in [0, 0.1) is 0 Å². The fourth-order valence-corrected chi connectivity index (χ4v) is 3.18. The van der Waals surface area contributed by atoms with Gasteiger partial charge in [-0.15, -0.1) is 0 Å². The molecule has 1 N–H and O–H groups in total. The quantitative estimate of drug-likeness (QED) is 0.814. The monoisotopic (exact) mass is 331 g/mol. The van der Waals surface area contributed by atoms with Crippen LogP contribution in [-0.4, -0.2) is 62.8 Å². The number of hydrogen-bond donors (Lipinski definition) is 1. The van der Waals surface area contributed by atoms with E-state index in [1.54, 1.807) is 24.9 Å². The van der Waals surface area contributed by atoms with Crippen molar-refractivity contribution in [3.63, 3.8) is 0 Å². The highest BCUT2D eigenvalue weighted by Gasteiger charge is 2.45. The molecule has 2 aliphatic rings. The standard InChI is InChI=1S/C16H21N5O3/c1-16(2)14(23)21(15(24)19-16)9-13(22)20-7-3-4-11(8-20)12-5-6-17-10-18-12/h5-6,10-11H,3-4,7-9H2,1-2H3,(H,19,24)/t11-/m1/s1. The van der Waals surface area contributed by atoms with Gasteiger partial charge in [-0.3, -0.25) is 14.5 Å². The molecule has 8 heteroatoms. The Morgan fingerprint density at radius 1 is 1.42 bits per heavy atom. The maximum absolute atomic E-state index is 12.6. The fraction of sp³-hybridized carbons (Fsp3) is 0.562. The molecule has 0 spiro atoms. The van der Waals surface area contributed by atoms with Gasteiger partial charge < -0.3 is 10.2 Å². The summed E-state index contributed by atoms with van der Waals surface area (Å²) in [4.78, 5) is 47.5. The van der Waals surface area contributed by atoms with E-state index >= 15 is 0 Å². The van der Waals surface area contributed by atoms with E-state index in [0.717, 1.165) is 23.4 Å². The molecular formula is C16H21N5O3. The number of imide groups is 1. The van der Waals surface area contributed by atoms with E-state index < -0.39 is 11.6 Å². The maximum Gasteiger partial charge on any atom is 0.325 e. The second kappa shape index (κ2) is 6.18. The summed E-state index contributed by atoms with van der Waals surface area (Å²) in [6, 6.07) is 1.35. The summed E-state index contributed by atoms with van der Waals surface area (Å²) < 4.78 is 0. The van der Waals surface area contributed by atoms with E-state index in [2.05, 4.69) is 15.3 Å². The first-order chi connectivity index (χ1) is 11.4. The average Bonchev–Trinajstić information content (AvgIpc) is 2.77. The van der Waals surface area contributed by atoms with Crippen molar-refractivity contribution in [1.29, 1.82) is 0 Å². The molecule has 0 radical (unpaired) electrons. The van der Waals surface area contributed by atoms with Gasteiger partial charge in [0.1, 0.15) is 18.4 Å². The lowest BCUT2D eigenvalue weighted by molar-refractivity contribution is -0.139. The number of piperidine rings is 1. The van der Waals surface area contributed by atoms with Crippen molar-refractivity contribution in [3.05, 3.63) is 24.3 Å². The summed E-state index contributed by atoms with van der Waals surface area (Å²) in [6.07, 6.45) is 5.02. The van der Waals surface area contributed by atoms with E-state index in [1.807, 2.05) is 6.07 Å². The summed E-state index contributed by atoms with van der Waals surface area (Å²) in [5.41, 5.74) is -0.0402. The molecule has 1 atom stereocenters. The molecule has 128 valence electrons. The van der Waals surface area contributed by atoms with E-state index in [9.17, 15) is 14.4 Å². The van der Waals surface area contributed by atoms with Gasteiger partial charge in [-0.25, -0.2) is 14.8 Å². The van der Waals surface area contributed by atoms with Gasteiger partial charge in [0, 0.05) is 30.9 Å². The van der Waals surface area contributed by atoms with Crippen LogP contribution in [-0.2, 0) is 9.59 Å². The second-order valence-corrected chi connectivity index (χ2v) is 6.76. The molecule has 0 aliphatic carbocycles. The first-order valence-corrected chi connectivity index (χ1v) is 8.06. The lowest BCUT2D eigenvalue weighted by Gasteiger charge is -2.33. The van der Waals surface area contributed by atoms with Crippen LogP contribution in [0.1, 0.15) is 38.3 Å². The Labute approximate surface area is 140 Å². The van der Waals surface area contributed by atoms with Crippen LogP contribution in [0.3, 0.4) is 0 Å². The van der Waals surface area contributed by atoms with Gasteiger partial charge in [0.15, 0.2) is 0 Å². The van der Waals surface area contributed by atoms with Crippen LogP contribution in [0.2, 0.25) is 0 Å². The molecule has 0 aromatic carbocycles. The molecule has 1 aromatic heterocycles. The first kappa shape index (κ1) is 16.4. The Hall–Kier alpha value is -2.51. The zero-order valence-electron chi connectivity index (χ0n) is 13.9. The van der Waals surface area contributed by atoms with E-state index in [4.69, 9.17) is 0 Å². The third-order valence-electron chi connectivity index (χ3n) is 4.53. The topological polar surface area (TPSA) is 95.5 Å². The van der Waals surface area contributed by atoms with Gasteiger partial charge >= 0.3 is 6.03 Å². The number of nitrogens with one attached hydrogen (secondary N) is 1. The number of hydrogen-bond acceptors (Lipinski definition) is 5. The Kier molecular flexibility index (Phi) is 4.21. The number of carbonyl (C=O) groups excluding carboxylic acids is 3. The van der Waals surface area contributed by atoms with Crippen LogP contribution in [0.15, 0.2) is 18.6 Å². The summed E-state index contributed by atoms with van der Waals surface area (Å²) in [5.74, 6) is -0.426. The molecule has 24 heavy (non-hydrogen) atoms. The van der Waals surface area contributed by atoms with E-state index in [-0.39, 0.29) is 24.3 Å². The highest BCUT2D eigenvalue weighted by molar-refractivity contribution is 6.08. The molecule has 2 aliphatic heterocycles. The Morgan fingerprint density at radius 3 is 2.83 bits per heavy atom. The average molecular weight is 331 g/mol. The van der Waals surface area contributed by atoms with Gasteiger partial charge in [0.05, 0.1) is 0 Å². The largest absolute Gasteiger partial charge is 0.340 e. The molecule has 2 saturated heterocycles. The number of carbonyl (C=O) groups is 3. The zero-order chi connectivity index (χ0) is 17.3. The van der Waals surface area contributed by atoms with Crippen molar-refractivity contribution >= 4 is 17.8 Å². The predicted molar refractivity (Wildman–Crippen MR) is 84.9 cm³/mol. The molecule has 1 aromatic rings. The van der Waals surface area contributed by atoms with E-state index in [0.29, 0.717) is 13.1 Å². The van der Waals surface area contributed by atoms with Crippen LogP contribution < -0.4 is 5.32 Å². The number of rotatable bonds is 3. The molecule has 4 amide bonds. The second-order valence-electron chi connectivity index (χ2n) is 6.76. The highest BCUT2D eigenvalue weighted by Crippen LogP contribution is 2.25. The number of amides is 4. The van der Waals surface area contributed by atoms with Crippen LogP contribution in [0.5, 0.6) is 0 Å². The van der Waals surface area contributed by atoms with Gasteiger partial charge in [0.2, 0.25) is 5.91 Å². The minimum absolute atomic E-state index is 0.158. The van der Waals surface area contributed by atoms with Crippen molar-refractivity contribution in [2.24, 2.45) is 0 Å². The van der Waals surface area contributed by atoms with Gasteiger partial charge in [0.25, 0.3) is 5.91 Å². The lowest BCUT2D eigenvalue weighted by atomic mass is 9.94. The van der Waals surface area contributed by atoms with Crippen molar-refractivity contribution < 1.29 is 14.4 Å². The van der Waals surface area contributed by atoms with Crippen molar-refractivity contribution in [2.45, 2.75) is 38.1 Å². The van der Waals surface area contributed by atoms with Crippen LogP contribution in [0.4, 0.5) is 4.79 Å². The maximum atomic E-state index is 12.6. The van der Waals surface area contributed by atoms with Crippen molar-refractivity contribution in [1.82, 2.24) is 25.1 Å². The summed E-state index contributed by atoms with van der Waals surface area (Å²) >= 11 is 0. The lowest BCUT2D eigenvalue weighted by Crippen LogP contribution is -2.47. The number of likely N-dealkylation sites (tertiary alicyclic amines) is 1. The van der Waals surface area contributed by atoms with Crippen molar-refractivity contribution in [2.75, 3.05) is 19.6 Å². The zero-order valence-corrected chi connectivity index (χ0v) is 13.9. The number of urea groups is 1. The number of nitrogens with zero attached hydrogens (tertiary/aromatic N) is 4. The first-order valence-electron chi connectivity index (χ1n) is 8.06. The molecular weight excluding hydrogens is 310 g/mol. The minimum atomic E-state index is -0.956. The molecule has 3 heterocycles. The van der Waals surface area contributed by atoms with Crippen LogP contribution >= 0.6 is 0 Å². The molecule has 8 nitrogen and oxygen atoms in total. The summed E-state index contributed by atoms with van der Waals surface area (Å²) in [7, 11) is 0. The predicted octanol–water partition coefficient (Wildman–Crippen LogP) is 0.513. The SMILES string of the molecule is CC1(C)NC(=O)N(CC(=O)N2CCC[C@@H](c3ccncn3)C2)C1=O. The molecule has 3 rings (SSSR count). The molecule has 0 saturated carbocycles. The molecule has 2 fully saturated rings. The van der Waals surface area contributed by atoms with Crippen molar-refractivity contribution in [3.8, 4) is 0 Å². The van der Waals surface area contributed by atoms with Gasteiger partial charge in [-0.05, 0) is 32.8 Å². The van der Waals surface area contributed by atoms with E-state index in [1.165, 1.54) is 6.33 Å².